The zero-order chi connectivity index (χ0) is 8.55. The Morgan fingerprint density at radius 3 is 3.08 bits per heavy atom. The van der Waals surface area contributed by atoms with Crippen LogP contribution in [0.4, 0.5) is 0 Å². The highest BCUT2D eigenvalue weighted by Gasteiger charge is 2.09. The van der Waals surface area contributed by atoms with Gasteiger partial charge in [-0.2, -0.15) is 5.10 Å². The summed E-state index contributed by atoms with van der Waals surface area (Å²) in [7, 11) is 0. The van der Waals surface area contributed by atoms with E-state index in [1.54, 1.807) is 16.8 Å². The van der Waals surface area contributed by atoms with Gasteiger partial charge in [0.1, 0.15) is 5.56 Å². The van der Waals surface area contributed by atoms with E-state index in [0.29, 0.717) is 5.65 Å². The molecule has 0 spiro atoms. The van der Waals surface area contributed by atoms with Crippen molar-refractivity contribution in [2.75, 3.05) is 0 Å². The Kier molecular flexibility index (Phi) is 1.30. The zero-order valence-electron chi connectivity index (χ0n) is 6.01. The van der Waals surface area contributed by atoms with Crippen molar-refractivity contribution in [1.82, 2.24) is 14.6 Å². The quantitative estimate of drug-likeness (QED) is 0.661. The molecule has 1 N–H and O–H groups in total. The number of aromatic nitrogens is 3. The van der Waals surface area contributed by atoms with E-state index in [2.05, 4.69) is 10.2 Å². The molecule has 0 aliphatic heterocycles. The highest BCUT2D eigenvalue weighted by atomic mass is 16.4. The highest BCUT2D eigenvalue weighted by molar-refractivity contribution is 5.94. The van der Waals surface area contributed by atoms with Crippen LogP contribution in [0.5, 0.6) is 0 Å². The van der Waals surface area contributed by atoms with Gasteiger partial charge < -0.3 is 9.51 Å². The normalized spacial score (nSPS) is 10.3. The van der Waals surface area contributed by atoms with Gasteiger partial charge in [0.15, 0.2) is 5.65 Å². The number of nitrogens with zero attached hydrogens (tertiary/aromatic N) is 3. The van der Waals surface area contributed by atoms with Crippen molar-refractivity contribution < 1.29 is 9.90 Å². The summed E-state index contributed by atoms with van der Waals surface area (Å²) in [6.45, 7) is 0. The number of carbonyl (C=O) groups is 1. The van der Waals surface area contributed by atoms with Crippen LogP contribution in [0.15, 0.2) is 24.7 Å². The van der Waals surface area contributed by atoms with E-state index in [1.165, 1.54) is 12.3 Å². The molecule has 0 aromatic carbocycles. The lowest BCUT2D eigenvalue weighted by atomic mass is 10.3. The predicted octanol–water partition coefficient (Wildman–Crippen LogP) is 0.427. The van der Waals surface area contributed by atoms with E-state index in [1.807, 2.05) is 0 Å². The summed E-state index contributed by atoms with van der Waals surface area (Å²) in [4.78, 5) is 10.6. The molecule has 0 unspecified atom stereocenters. The van der Waals surface area contributed by atoms with Gasteiger partial charge in [-0.3, -0.25) is 0 Å². The third kappa shape index (κ3) is 0.833. The van der Waals surface area contributed by atoms with Crippen LogP contribution in [-0.4, -0.2) is 25.7 Å². The van der Waals surface area contributed by atoms with E-state index in [9.17, 15) is 4.79 Å². The summed E-state index contributed by atoms with van der Waals surface area (Å²) in [6, 6.07) is 1.49. The van der Waals surface area contributed by atoms with Gasteiger partial charge >= 0.3 is 5.97 Å². The SMILES string of the molecule is O=C(O)c1ccn2ccnnc12. The lowest BCUT2D eigenvalue weighted by Gasteiger charge is -1.90. The predicted molar refractivity (Wildman–Crippen MR) is 39.9 cm³/mol. The number of carboxylic acids is 1. The third-order valence-electron chi connectivity index (χ3n) is 1.56. The maximum Gasteiger partial charge on any atom is 0.339 e. The van der Waals surface area contributed by atoms with E-state index in [0.717, 1.165) is 0 Å². The molecule has 5 heteroatoms. The smallest absolute Gasteiger partial charge is 0.339 e. The Morgan fingerprint density at radius 2 is 2.33 bits per heavy atom. The average Bonchev–Trinajstić information content (AvgIpc) is 2.47. The van der Waals surface area contributed by atoms with Crippen molar-refractivity contribution in [2.24, 2.45) is 0 Å². The topological polar surface area (TPSA) is 67.5 Å². The Labute approximate surface area is 67.3 Å². The number of hydrogen-bond acceptors (Lipinski definition) is 3. The summed E-state index contributed by atoms with van der Waals surface area (Å²) in [6.07, 6.45) is 4.78. The van der Waals surface area contributed by atoms with Gasteiger partial charge in [-0.1, -0.05) is 0 Å². The Bertz CT molecular complexity index is 435. The number of aromatic carboxylic acids is 1. The summed E-state index contributed by atoms with van der Waals surface area (Å²) >= 11 is 0. The van der Waals surface area contributed by atoms with Gasteiger partial charge in [-0.25, -0.2) is 4.79 Å². The van der Waals surface area contributed by atoms with Crippen LogP contribution in [0.3, 0.4) is 0 Å². The van der Waals surface area contributed by atoms with Crippen molar-refractivity contribution in [3.8, 4) is 0 Å². The summed E-state index contributed by atoms with van der Waals surface area (Å²) in [5.41, 5.74) is 0.535. The van der Waals surface area contributed by atoms with E-state index < -0.39 is 5.97 Å². The molecule has 0 saturated heterocycles. The van der Waals surface area contributed by atoms with Gasteiger partial charge in [0.05, 0.1) is 6.20 Å². The molecular formula is C7H5N3O2. The molecule has 60 valence electrons. The number of rotatable bonds is 1. The van der Waals surface area contributed by atoms with Gasteiger partial charge in [-0.15, -0.1) is 5.10 Å². The summed E-state index contributed by atoms with van der Waals surface area (Å²) in [5, 5.41) is 16.0. The highest BCUT2D eigenvalue weighted by Crippen LogP contribution is 2.07. The van der Waals surface area contributed by atoms with Crippen LogP contribution in [-0.2, 0) is 0 Å². The van der Waals surface area contributed by atoms with Crippen molar-refractivity contribution >= 4 is 11.6 Å². The first-order valence-corrected chi connectivity index (χ1v) is 3.30. The molecule has 0 saturated carbocycles. The Balaban J connectivity index is 2.79. The zero-order valence-corrected chi connectivity index (χ0v) is 6.01. The fourth-order valence-electron chi connectivity index (χ4n) is 1.02. The second-order valence-corrected chi connectivity index (χ2v) is 2.28. The fraction of sp³-hybridized carbons (Fsp3) is 0. The van der Waals surface area contributed by atoms with Crippen LogP contribution >= 0.6 is 0 Å². The molecule has 0 aliphatic rings. The minimum atomic E-state index is -0.988. The van der Waals surface area contributed by atoms with Crippen LogP contribution in [0, 0.1) is 0 Å². The van der Waals surface area contributed by atoms with E-state index in [-0.39, 0.29) is 5.56 Å². The monoisotopic (exact) mass is 163 g/mol. The van der Waals surface area contributed by atoms with E-state index in [4.69, 9.17) is 5.11 Å². The number of fused-ring (bicyclic) bond motifs is 1. The molecular weight excluding hydrogens is 158 g/mol. The first-order chi connectivity index (χ1) is 5.79. The second-order valence-electron chi connectivity index (χ2n) is 2.28. The van der Waals surface area contributed by atoms with Gasteiger partial charge in [0.2, 0.25) is 0 Å². The summed E-state index contributed by atoms with van der Waals surface area (Å²) < 4.78 is 1.61. The van der Waals surface area contributed by atoms with Crippen LogP contribution in [0.25, 0.3) is 5.65 Å². The minimum Gasteiger partial charge on any atom is -0.478 e. The molecule has 2 rings (SSSR count). The van der Waals surface area contributed by atoms with Gasteiger partial charge in [0.25, 0.3) is 0 Å². The van der Waals surface area contributed by atoms with Crippen LogP contribution in [0.1, 0.15) is 10.4 Å². The number of hydrogen-bond donors (Lipinski definition) is 1. The van der Waals surface area contributed by atoms with Crippen molar-refractivity contribution in [3.05, 3.63) is 30.2 Å². The van der Waals surface area contributed by atoms with Crippen molar-refractivity contribution in [1.29, 1.82) is 0 Å². The first-order valence-electron chi connectivity index (χ1n) is 3.30. The van der Waals surface area contributed by atoms with Gasteiger partial charge in [0, 0.05) is 12.4 Å². The molecule has 2 heterocycles. The lowest BCUT2D eigenvalue weighted by molar-refractivity contribution is 0.0699. The van der Waals surface area contributed by atoms with Gasteiger partial charge in [-0.05, 0) is 6.07 Å². The fourth-order valence-corrected chi connectivity index (χ4v) is 1.02. The minimum absolute atomic E-state index is 0.170. The first kappa shape index (κ1) is 6.78. The molecule has 12 heavy (non-hydrogen) atoms. The Hall–Kier alpha value is -1.91. The maximum absolute atomic E-state index is 10.6. The molecule has 0 atom stereocenters. The number of carboxylic acid groups (broad SMARTS) is 1. The van der Waals surface area contributed by atoms with E-state index >= 15 is 0 Å². The molecule has 2 aromatic rings. The second kappa shape index (κ2) is 2.30. The maximum atomic E-state index is 10.6. The molecule has 2 aromatic heterocycles. The molecule has 5 nitrogen and oxygen atoms in total. The lowest BCUT2D eigenvalue weighted by Crippen LogP contribution is -1.97. The van der Waals surface area contributed by atoms with Crippen LogP contribution in [0.2, 0.25) is 0 Å². The molecule has 0 amide bonds. The molecule has 0 radical (unpaired) electrons. The summed E-state index contributed by atoms with van der Waals surface area (Å²) in [5.74, 6) is -0.988. The van der Waals surface area contributed by atoms with Crippen molar-refractivity contribution in [3.63, 3.8) is 0 Å². The standard InChI is InChI=1S/C7H5N3O2/c11-7(12)5-1-3-10-4-2-8-9-6(5)10/h1-4H,(H,11,12). The van der Waals surface area contributed by atoms with Crippen molar-refractivity contribution in [2.45, 2.75) is 0 Å². The molecule has 0 aliphatic carbocycles. The largest absolute Gasteiger partial charge is 0.478 e. The molecule has 0 fully saturated rings. The average molecular weight is 163 g/mol. The van der Waals surface area contributed by atoms with Crippen LogP contribution < -0.4 is 0 Å². The Morgan fingerprint density at radius 1 is 1.50 bits per heavy atom. The molecule has 0 bridgehead atoms. The third-order valence-corrected chi connectivity index (χ3v) is 1.56.